The molecule has 136 valence electrons. The van der Waals surface area contributed by atoms with E-state index in [2.05, 4.69) is 18.3 Å². The van der Waals surface area contributed by atoms with Gasteiger partial charge in [-0.05, 0) is 68.7 Å². The normalized spacial score (nSPS) is 34.4. The van der Waals surface area contributed by atoms with E-state index in [1.54, 1.807) is 5.57 Å². The first-order valence-corrected chi connectivity index (χ1v) is 9.97. The first-order chi connectivity index (χ1) is 11.6. The number of fused-ring (bicyclic) bond motifs is 3. The van der Waals surface area contributed by atoms with Gasteiger partial charge in [-0.15, -0.1) is 0 Å². The van der Waals surface area contributed by atoms with Crippen LogP contribution in [0.1, 0.15) is 71.1 Å². The molecule has 0 heterocycles. The molecule has 3 N–H and O–H groups in total. The minimum absolute atomic E-state index is 0.0678. The third kappa shape index (κ3) is 3.79. The fourth-order valence-corrected chi connectivity index (χ4v) is 5.03. The van der Waals surface area contributed by atoms with Gasteiger partial charge in [0.15, 0.2) is 0 Å². The van der Waals surface area contributed by atoms with Crippen LogP contribution in [0.5, 0.6) is 0 Å². The van der Waals surface area contributed by atoms with E-state index in [9.17, 15) is 4.79 Å². The highest BCUT2D eigenvalue weighted by molar-refractivity contribution is 5.67. The third-order valence-electron chi connectivity index (χ3n) is 6.74. The number of unbranched alkanes of at least 4 members (excludes halogenated alkanes) is 3. The van der Waals surface area contributed by atoms with Gasteiger partial charge in [-0.1, -0.05) is 31.4 Å². The van der Waals surface area contributed by atoms with Crippen molar-refractivity contribution in [3.63, 3.8) is 0 Å². The molecular weight excluding hydrogens is 300 g/mol. The Bertz CT molecular complexity index is 476. The smallest absolute Gasteiger partial charge is 0.407 e. The standard InChI is InChI=1S/C20H34N2O2/c1-20-11-10-17(14-16(20)8-6-15-7-9-18(15)20)24-19(23)22-13-5-3-2-4-12-21/h8,15,17-18H,2-7,9-14,21H2,1H3,(H,22,23). The number of nitrogens with two attached hydrogens (primary N) is 1. The van der Waals surface area contributed by atoms with Crippen molar-refractivity contribution in [2.45, 2.75) is 77.2 Å². The molecule has 0 aromatic heterocycles. The third-order valence-corrected chi connectivity index (χ3v) is 6.74. The number of carbonyl (C=O) groups excluding carboxylic acids is 1. The van der Waals surface area contributed by atoms with E-state index >= 15 is 0 Å². The Morgan fingerprint density at radius 2 is 2.12 bits per heavy atom. The molecule has 3 rings (SSSR count). The SMILES string of the molecule is CC12CCC(OC(=O)NCCCCCCN)CC1=CCC1CCC12. The van der Waals surface area contributed by atoms with E-state index in [4.69, 9.17) is 10.5 Å². The highest BCUT2D eigenvalue weighted by Gasteiger charge is 2.50. The van der Waals surface area contributed by atoms with E-state index in [0.29, 0.717) is 12.0 Å². The molecule has 2 saturated carbocycles. The lowest BCUT2D eigenvalue weighted by atomic mass is 9.50. The van der Waals surface area contributed by atoms with Gasteiger partial charge in [-0.25, -0.2) is 4.79 Å². The molecule has 4 atom stereocenters. The second-order valence-electron chi connectivity index (χ2n) is 8.23. The molecule has 4 heteroatoms. The zero-order valence-electron chi connectivity index (χ0n) is 15.2. The molecule has 0 bridgehead atoms. The highest BCUT2D eigenvalue weighted by atomic mass is 16.6. The molecule has 0 spiro atoms. The zero-order chi connectivity index (χ0) is 17.0. The maximum absolute atomic E-state index is 12.0. The fraction of sp³-hybridized carbons (Fsp3) is 0.850. The van der Waals surface area contributed by atoms with Crippen LogP contribution in [-0.4, -0.2) is 25.3 Å². The van der Waals surface area contributed by atoms with Crippen LogP contribution in [0.3, 0.4) is 0 Å². The van der Waals surface area contributed by atoms with Crippen LogP contribution in [0.2, 0.25) is 0 Å². The van der Waals surface area contributed by atoms with E-state index < -0.39 is 0 Å². The van der Waals surface area contributed by atoms with E-state index in [0.717, 1.165) is 56.9 Å². The summed E-state index contributed by atoms with van der Waals surface area (Å²) in [7, 11) is 0. The van der Waals surface area contributed by atoms with Crippen molar-refractivity contribution in [1.29, 1.82) is 0 Å². The molecule has 4 nitrogen and oxygen atoms in total. The van der Waals surface area contributed by atoms with E-state index in [-0.39, 0.29) is 12.2 Å². The second kappa shape index (κ2) is 7.90. The highest BCUT2D eigenvalue weighted by Crippen LogP contribution is 2.59. The van der Waals surface area contributed by atoms with Gasteiger partial charge in [0.1, 0.15) is 6.10 Å². The van der Waals surface area contributed by atoms with Gasteiger partial charge in [0.25, 0.3) is 0 Å². The molecule has 0 radical (unpaired) electrons. The lowest BCUT2D eigenvalue weighted by Gasteiger charge is -2.55. The van der Waals surface area contributed by atoms with Crippen LogP contribution in [0, 0.1) is 17.3 Å². The lowest BCUT2D eigenvalue weighted by Crippen LogP contribution is -2.47. The van der Waals surface area contributed by atoms with Crippen molar-refractivity contribution in [3.05, 3.63) is 11.6 Å². The van der Waals surface area contributed by atoms with Crippen LogP contribution < -0.4 is 11.1 Å². The summed E-state index contributed by atoms with van der Waals surface area (Å²) in [6.07, 6.45) is 13.8. The number of amides is 1. The average Bonchev–Trinajstić information content (AvgIpc) is 2.52. The summed E-state index contributed by atoms with van der Waals surface area (Å²) < 4.78 is 5.68. The Kier molecular flexibility index (Phi) is 5.85. The van der Waals surface area contributed by atoms with Crippen LogP contribution in [0.15, 0.2) is 11.6 Å². The number of carbonyl (C=O) groups is 1. The van der Waals surface area contributed by atoms with Crippen molar-refractivity contribution < 1.29 is 9.53 Å². The second-order valence-corrected chi connectivity index (χ2v) is 8.23. The van der Waals surface area contributed by atoms with Crippen LogP contribution >= 0.6 is 0 Å². The van der Waals surface area contributed by atoms with Gasteiger partial charge < -0.3 is 15.8 Å². The molecule has 3 aliphatic carbocycles. The van der Waals surface area contributed by atoms with Gasteiger partial charge in [0.05, 0.1) is 0 Å². The van der Waals surface area contributed by atoms with Gasteiger partial charge in [-0.3, -0.25) is 0 Å². The maximum atomic E-state index is 12.0. The number of rotatable bonds is 7. The molecule has 0 aromatic rings. The van der Waals surface area contributed by atoms with Crippen molar-refractivity contribution in [3.8, 4) is 0 Å². The molecule has 0 aromatic carbocycles. The minimum Gasteiger partial charge on any atom is -0.446 e. The van der Waals surface area contributed by atoms with E-state index in [1.807, 2.05) is 0 Å². The van der Waals surface area contributed by atoms with Crippen molar-refractivity contribution in [1.82, 2.24) is 5.32 Å². The van der Waals surface area contributed by atoms with Gasteiger partial charge in [0, 0.05) is 13.0 Å². The van der Waals surface area contributed by atoms with Crippen LogP contribution in [0.4, 0.5) is 4.79 Å². The summed E-state index contributed by atoms with van der Waals surface area (Å²) in [5.74, 6) is 1.82. The largest absolute Gasteiger partial charge is 0.446 e. The number of alkyl carbamates (subject to hydrolysis) is 1. The first kappa shape index (κ1) is 17.8. The summed E-state index contributed by atoms with van der Waals surface area (Å²) in [5.41, 5.74) is 7.43. The summed E-state index contributed by atoms with van der Waals surface area (Å²) in [4.78, 5) is 12.0. The molecule has 3 aliphatic rings. The van der Waals surface area contributed by atoms with Gasteiger partial charge in [-0.2, -0.15) is 0 Å². The summed E-state index contributed by atoms with van der Waals surface area (Å²) >= 11 is 0. The molecule has 2 fully saturated rings. The summed E-state index contributed by atoms with van der Waals surface area (Å²) in [6, 6.07) is 0. The first-order valence-electron chi connectivity index (χ1n) is 9.97. The predicted octanol–water partition coefficient (Wildman–Crippen LogP) is 4.15. The monoisotopic (exact) mass is 334 g/mol. The number of ether oxygens (including phenoxy) is 1. The van der Waals surface area contributed by atoms with Crippen LogP contribution in [0.25, 0.3) is 0 Å². The average molecular weight is 335 g/mol. The number of hydrogen-bond acceptors (Lipinski definition) is 3. The Morgan fingerprint density at radius 1 is 1.29 bits per heavy atom. The van der Waals surface area contributed by atoms with Crippen molar-refractivity contribution in [2.75, 3.05) is 13.1 Å². The zero-order valence-corrected chi connectivity index (χ0v) is 15.2. The Morgan fingerprint density at radius 3 is 2.88 bits per heavy atom. The summed E-state index contributed by atoms with van der Waals surface area (Å²) in [5, 5.41) is 2.90. The molecule has 24 heavy (non-hydrogen) atoms. The van der Waals surface area contributed by atoms with Gasteiger partial charge in [0.2, 0.25) is 0 Å². The number of hydrogen-bond donors (Lipinski definition) is 2. The molecule has 0 saturated heterocycles. The Labute approximate surface area is 146 Å². The molecular formula is C20H34N2O2. The Balaban J connectivity index is 1.39. The maximum Gasteiger partial charge on any atom is 0.407 e. The predicted molar refractivity (Wildman–Crippen MR) is 96.7 cm³/mol. The molecule has 1 amide bonds. The number of nitrogens with one attached hydrogen (secondary N) is 1. The topological polar surface area (TPSA) is 64.3 Å². The fourth-order valence-electron chi connectivity index (χ4n) is 5.03. The summed E-state index contributed by atoms with van der Waals surface area (Å²) in [6.45, 7) is 3.92. The molecule has 4 unspecified atom stereocenters. The van der Waals surface area contributed by atoms with Crippen molar-refractivity contribution in [2.24, 2.45) is 23.0 Å². The van der Waals surface area contributed by atoms with Crippen molar-refractivity contribution >= 4 is 6.09 Å². The molecule has 0 aliphatic heterocycles. The lowest BCUT2D eigenvalue weighted by molar-refractivity contribution is -0.00487. The van der Waals surface area contributed by atoms with Gasteiger partial charge >= 0.3 is 6.09 Å². The number of allylic oxidation sites excluding steroid dienone is 1. The van der Waals surface area contributed by atoms with E-state index in [1.165, 1.54) is 25.7 Å². The Hall–Kier alpha value is -1.03. The van der Waals surface area contributed by atoms with Crippen LogP contribution in [-0.2, 0) is 4.74 Å². The minimum atomic E-state index is -0.236. The quantitative estimate of drug-likeness (QED) is 0.543.